The quantitative estimate of drug-likeness (QED) is 0.722. The summed E-state index contributed by atoms with van der Waals surface area (Å²) in [5, 5.41) is 12.9. The highest BCUT2D eigenvalue weighted by Crippen LogP contribution is 2.29. The third kappa shape index (κ3) is 1.74. The van der Waals surface area contributed by atoms with Gasteiger partial charge in [-0.1, -0.05) is 30.3 Å². The molecule has 4 nitrogen and oxygen atoms in total. The van der Waals surface area contributed by atoms with Crippen molar-refractivity contribution in [2.75, 3.05) is 13.2 Å². The van der Waals surface area contributed by atoms with Crippen LogP contribution in [0.5, 0.6) is 0 Å². The first-order chi connectivity index (χ1) is 7.84. The minimum absolute atomic E-state index is 0.120. The zero-order valence-electron chi connectivity index (χ0n) is 8.87. The fraction of sp³-hybridized carbons (Fsp3) is 0.500. The molecule has 4 heteroatoms. The van der Waals surface area contributed by atoms with Gasteiger partial charge in [0.25, 0.3) is 0 Å². The summed E-state index contributed by atoms with van der Waals surface area (Å²) in [7, 11) is 0. The minimum atomic E-state index is -0.430. The van der Waals surface area contributed by atoms with Crippen molar-refractivity contribution in [1.29, 1.82) is 0 Å². The van der Waals surface area contributed by atoms with E-state index in [0.29, 0.717) is 13.2 Å². The summed E-state index contributed by atoms with van der Waals surface area (Å²) in [5.74, 6) is 0. The number of fused-ring (bicyclic) bond motifs is 1. The van der Waals surface area contributed by atoms with Gasteiger partial charge in [-0.2, -0.15) is 0 Å². The molecule has 0 aliphatic carbocycles. The number of ether oxygens (including phenoxy) is 2. The van der Waals surface area contributed by atoms with Gasteiger partial charge in [-0.3, -0.25) is 0 Å². The smallest absolute Gasteiger partial charge is 0.184 e. The molecule has 0 saturated carbocycles. The average Bonchev–Trinajstić information content (AvgIpc) is 2.72. The second-order valence-electron chi connectivity index (χ2n) is 4.26. The Hall–Kier alpha value is -0.940. The molecular weight excluding hydrogens is 206 g/mol. The maximum Gasteiger partial charge on any atom is 0.184 e. The molecule has 1 aromatic rings. The van der Waals surface area contributed by atoms with Gasteiger partial charge in [0.05, 0.1) is 18.8 Å². The monoisotopic (exact) mass is 221 g/mol. The van der Waals surface area contributed by atoms with Crippen LogP contribution < -0.4 is 5.32 Å². The van der Waals surface area contributed by atoms with E-state index in [4.69, 9.17) is 9.47 Å². The minimum Gasteiger partial charge on any atom is -0.389 e. The molecule has 2 heterocycles. The van der Waals surface area contributed by atoms with Crippen molar-refractivity contribution in [2.45, 2.75) is 24.5 Å². The van der Waals surface area contributed by atoms with E-state index in [-0.39, 0.29) is 18.4 Å². The van der Waals surface area contributed by atoms with Crippen LogP contribution in [-0.4, -0.2) is 36.5 Å². The first kappa shape index (κ1) is 10.2. The lowest BCUT2D eigenvalue weighted by Crippen LogP contribution is -2.45. The van der Waals surface area contributed by atoms with Gasteiger partial charge in [0, 0.05) is 12.1 Å². The van der Waals surface area contributed by atoms with E-state index in [1.165, 1.54) is 0 Å². The molecule has 2 aliphatic rings. The van der Waals surface area contributed by atoms with Crippen LogP contribution in [0.4, 0.5) is 0 Å². The fourth-order valence-electron chi connectivity index (χ4n) is 2.27. The molecule has 4 atom stereocenters. The Morgan fingerprint density at radius 2 is 2.06 bits per heavy atom. The van der Waals surface area contributed by atoms with Gasteiger partial charge >= 0.3 is 0 Å². The Balaban J connectivity index is 1.75. The van der Waals surface area contributed by atoms with Crippen LogP contribution in [0, 0.1) is 0 Å². The first-order valence-electron chi connectivity index (χ1n) is 5.58. The molecule has 0 aromatic heterocycles. The maximum absolute atomic E-state index is 9.75. The van der Waals surface area contributed by atoms with E-state index in [9.17, 15) is 5.11 Å². The SMILES string of the molecule is O[C@H]1CN[C@H]2COC(c3ccccc3)O[C@@H]21. The predicted octanol–water partition coefficient (Wildman–Crippen LogP) is 0.433. The van der Waals surface area contributed by atoms with Crippen molar-refractivity contribution in [3.8, 4) is 0 Å². The lowest BCUT2D eigenvalue weighted by atomic mass is 10.1. The van der Waals surface area contributed by atoms with E-state index >= 15 is 0 Å². The topological polar surface area (TPSA) is 50.7 Å². The van der Waals surface area contributed by atoms with Crippen molar-refractivity contribution in [3.63, 3.8) is 0 Å². The highest BCUT2D eigenvalue weighted by molar-refractivity contribution is 5.16. The van der Waals surface area contributed by atoms with E-state index in [0.717, 1.165) is 5.56 Å². The van der Waals surface area contributed by atoms with Gasteiger partial charge in [0.2, 0.25) is 0 Å². The molecule has 1 unspecified atom stereocenters. The summed E-state index contributed by atoms with van der Waals surface area (Å²) in [5.41, 5.74) is 1.00. The standard InChI is InChI=1S/C12H15NO3/c14-10-6-13-9-7-15-12(16-11(9)10)8-4-2-1-3-5-8/h1-5,9-14H,6-7H2/t9-,10-,11-,12?/m0/s1. The van der Waals surface area contributed by atoms with Crippen LogP contribution in [0.15, 0.2) is 30.3 Å². The zero-order chi connectivity index (χ0) is 11.0. The molecule has 86 valence electrons. The van der Waals surface area contributed by atoms with E-state index in [2.05, 4.69) is 5.32 Å². The number of hydrogen-bond acceptors (Lipinski definition) is 4. The van der Waals surface area contributed by atoms with Crippen molar-refractivity contribution < 1.29 is 14.6 Å². The predicted molar refractivity (Wildman–Crippen MR) is 57.8 cm³/mol. The Morgan fingerprint density at radius 3 is 2.88 bits per heavy atom. The van der Waals surface area contributed by atoms with Crippen molar-refractivity contribution in [2.24, 2.45) is 0 Å². The van der Waals surface area contributed by atoms with Gasteiger partial charge in [-0.25, -0.2) is 0 Å². The lowest BCUT2D eigenvalue weighted by molar-refractivity contribution is -0.235. The highest BCUT2D eigenvalue weighted by atomic mass is 16.7. The Labute approximate surface area is 94.2 Å². The number of aliphatic hydroxyl groups is 1. The van der Waals surface area contributed by atoms with Crippen LogP contribution in [0.2, 0.25) is 0 Å². The summed E-state index contributed by atoms with van der Waals surface area (Å²) in [6, 6.07) is 9.94. The summed E-state index contributed by atoms with van der Waals surface area (Å²) in [6.45, 7) is 1.17. The van der Waals surface area contributed by atoms with E-state index in [1.807, 2.05) is 30.3 Å². The molecule has 16 heavy (non-hydrogen) atoms. The van der Waals surface area contributed by atoms with Gasteiger partial charge in [0.15, 0.2) is 6.29 Å². The molecule has 0 bridgehead atoms. The molecule has 2 aliphatic heterocycles. The summed E-state index contributed by atoms with van der Waals surface area (Å²) >= 11 is 0. The number of β-amino-alcohol motifs (C(OH)–C–C–N with tert-alkyl or cyclic N) is 1. The van der Waals surface area contributed by atoms with Crippen LogP contribution in [0.1, 0.15) is 11.9 Å². The third-order valence-corrected chi connectivity index (χ3v) is 3.14. The molecular formula is C12H15NO3. The van der Waals surface area contributed by atoms with E-state index in [1.54, 1.807) is 0 Å². The second-order valence-corrected chi connectivity index (χ2v) is 4.26. The average molecular weight is 221 g/mol. The van der Waals surface area contributed by atoms with Gasteiger partial charge < -0.3 is 19.9 Å². The Bertz CT molecular complexity index is 357. The summed E-state index contributed by atoms with van der Waals surface area (Å²) in [4.78, 5) is 0. The summed E-state index contributed by atoms with van der Waals surface area (Å²) in [6.07, 6.45) is -0.934. The van der Waals surface area contributed by atoms with Crippen LogP contribution in [-0.2, 0) is 9.47 Å². The van der Waals surface area contributed by atoms with Gasteiger partial charge in [-0.15, -0.1) is 0 Å². The highest BCUT2D eigenvalue weighted by Gasteiger charge is 2.41. The van der Waals surface area contributed by atoms with Crippen molar-refractivity contribution >= 4 is 0 Å². The molecule has 0 amide bonds. The molecule has 2 N–H and O–H groups in total. The van der Waals surface area contributed by atoms with Crippen molar-refractivity contribution in [3.05, 3.63) is 35.9 Å². The number of nitrogens with one attached hydrogen (secondary N) is 1. The lowest BCUT2D eigenvalue weighted by Gasteiger charge is -2.33. The molecule has 2 fully saturated rings. The fourth-order valence-corrected chi connectivity index (χ4v) is 2.27. The maximum atomic E-state index is 9.75. The molecule has 0 spiro atoms. The number of rotatable bonds is 1. The van der Waals surface area contributed by atoms with Gasteiger partial charge in [-0.05, 0) is 0 Å². The molecule has 3 rings (SSSR count). The first-order valence-corrected chi connectivity index (χ1v) is 5.58. The number of aliphatic hydroxyl groups excluding tert-OH is 1. The number of benzene rings is 1. The molecule has 2 saturated heterocycles. The second kappa shape index (κ2) is 4.14. The van der Waals surface area contributed by atoms with Crippen molar-refractivity contribution in [1.82, 2.24) is 5.32 Å². The molecule has 1 aromatic carbocycles. The van der Waals surface area contributed by atoms with Crippen LogP contribution in [0.25, 0.3) is 0 Å². The van der Waals surface area contributed by atoms with Crippen LogP contribution in [0.3, 0.4) is 0 Å². The van der Waals surface area contributed by atoms with Gasteiger partial charge in [0.1, 0.15) is 6.10 Å². The normalized spacial score (nSPS) is 38.3. The largest absolute Gasteiger partial charge is 0.389 e. The van der Waals surface area contributed by atoms with Crippen LogP contribution >= 0.6 is 0 Å². The number of hydrogen-bond donors (Lipinski definition) is 2. The Morgan fingerprint density at radius 1 is 1.25 bits per heavy atom. The Kier molecular flexibility index (Phi) is 2.65. The third-order valence-electron chi connectivity index (χ3n) is 3.14. The molecule has 0 radical (unpaired) electrons. The van der Waals surface area contributed by atoms with E-state index < -0.39 is 6.10 Å². The zero-order valence-corrected chi connectivity index (χ0v) is 8.87. The summed E-state index contributed by atoms with van der Waals surface area (Å²) < 4.78 is 11.4.